The van der Waals surface area contributed by atoms with E-state index in [4.69, 9.17) is 26.8 Å². The Kier molecular flexibility index (Phi) is 5.41. The number of aromatic nitrogens is 2. The van der Waals surface area contributed by atoms with E-state index < -0.39 is 5.91 Å². The van der Waals surface area contributed by atoms with Crippen molar-refractivity contribution in [2.24, 2.45) is 5.73 Å². The Labute approximate surface area is 127 Å². The van der Waals surface area contributed by atoms with Gasteiger partial charge in [0.05, 0.1) is 24.8 Å². The van der Waals surface area contributed by atoms with Crippen LogP contribution in [0.15, 0.2) is 18.2 Å². The standard InChI is InChI=1S/C14H18ClN3O3/c1-20-10-2-3-12-11(8-10)17-14(4-5-15)18(12)6-7-21-9-13(16)19/h2-3,8H,4-7,9H2,1H3,(H2,16,19). The Morgan fingerprint density at radius 3 is 2.95 bits per heavy atom. The number of carbonyl (C=O) groups is 1. The number of amides is 1. The van der Waals surface area contributed by atoms with Gasteiger partial charge >= 0.3 is 0 Å². The third kappa shape index (κ3) is 3.86. The molecule has 0 unspecified atom stereocenters. The molecule has 0 saturated heterocycles. The van der Waals surface area contributed by atoms with Gasteiger partial charge in [-0.1, -0.05) is 0 Å². The number of benzene rings is 1. The zero-order valence-corrected chi connectivity index (χ0v) is 12.6. The first-order valence-electron chi connectivity index (χ1n) is 6.61. The van der Waals surface area contributed by atoms with Crippen molar-refractivity contribution in [2.45, 2.75) is 13.0 Å². The molecule has 0 bridgehead atoms. The van der Waals surface area contributed by atoms with E-state index in [0.29, 0.717) is 25.5 Å². The van der Waals surface area contributed by atoms with Gasteiger partial charge in [-0.3, -0.25) is 4.79 Å². The van der Waals surface area contributed by atoms with Crippen LogP contribution in [0.3, 0.4) is 0 Å². The largest absolute Gasteiger partial charge is 0.497 e. The Balaban J connectivity index is 2.21. The number of rotatable bonds is 8. The van der Waals surface area contributed by atoms with Gasteiger partial charge in [-0.2, -0.15) is 0 Å². The third-order valence-electron chi connectivity index (χ3n) is 3.06. The molecule has 2 aromatic rings. The molecular weight excluding hydrogens is 294 g/mol. The minimum atomic E-state index is -0.476. The summed E-state index contributed by atoms with van der Waals surface area (Å²) >= 11 is 5.83. The molecule has 0 aliphatic rings. The fourth-order valence-corrected chi connectivity index (χ4v) is 2.31. The van der Waals surface area contributed by atoms with Gasteiger partial charge in [0.1, 0.15) is 18.2 Å². The van der Waals surface area contributed by atoms with Gasteiger partial charge in [-0.25, -0.2) is 4.98 Å². The third-order valence-corrected chi connectivity index (χ3v) is 3.25. The van der Waals surface area contributed by atoms with Gasteiger partial charge in [0.2, 0.25) is 5.91 Å². The molecule has 2 rings (SSSR count). The fourth-order valence-electron chi connectivity index (χ4n) is 2.14. The van der Waals surface area contributed by atoms with Crippen molar-refractivity contribution in [3.8, 4) is 5.75 Å². The highest BCUT2D eigenvalue weighted by atomic mass is 35.5. The summed E-state index contributed by atoms with van der Waals surface area (Å²) in [6, 6.07) is 5.72. The number of imidazole rings is 1. The molecule has 6 nitrogen and oxygen atoms in total. The van der Waals surface area contributed by atoms with Crippen LogP contribution in [0.25, 0.3) is 11.0 Å². The molecule has 21 heavy (non-hydrogen) atoms. The highest BCUT2D eigenvalue weighted by Gasteiger charge is 2.11. The van der Waals surface area contributed by atoms with Crippen LogP contribution in [0.2, 0.25) is 0 Å². The number of ether oxygens (including phenoxy) is 2. The molecular formula is C14H18ClN3O3. The lowest BCUT2D eigenvalue weighted by atomic mass is 10.3. The average molecular weight is 312 g/mol. The van der Waals surface area contributed by atoms with Gasteiger partial charge in [-0.15, -0.1) is 11.6 Å². The van der Waals surface area contributed by atoms with Gasteiger partial charge in [0, 0.05) is 24.9 Å². The molecule has 0 saturated carbocycles. The van der Waals surface area contributed by atoms with Crippen LogP contribution in [-0.2, 0) is 22.5 Å². The maximum Gasteiger partial charge on any atom is 0.243 e. The van der Waals surface area contributed by atoms with Crippen molar-refractivity contribution in [1.82, 2.24) is 9.55 Å². The molecule has 0 aliphatic heterocycles. The van der Waals surface area contributed by atoms with Gasteiger partial charge in [-0.05, 0) is 12.1 Å². The molecule has 1 heterocycles. The van der Waals surface area contributed by atoms with Crippen molar-refractivity contribution in [1.29, 1.82) is 0 Å². The van der Waals surface area contributed by atoms with Crippen LogP contribution in [0.4, 0.5) is 0 Å². The highest BCUT2D eigenvalue weighted by Crippen LogP contribution is 2.22. The van der Waals surface area contributed by atoms with E-state index in [1.54, 1.807) is 7.11 Å². The molecule has 0 atom stereocenters. The van der Waals surface area contributed by atoms with Crippen LogP contribution in [0.1, 0.15) is 5.82 Å². The van der Waals surface area contributed by atoms with E-state index in [1.165, 1.54) is 0 Å². The number of hydrogen-bond donors (Lipinski definition) is 1. The predicted molar refractivity (Wildman–Crippen MR) is 80.7 cm³/mol. The molecule has 1 amide bonds. The van der Waals surface area contributed by atoms with Crippen LogP contribution < -0.4 is 10.5 Å². The van der Waals surface area contributed by atoms with Gasteiger partial charge < -0.3 is 19.8 Å². The van der Waals surface area contributed by atoms with Crippen LogP contribution in [0, 0.1) is 0 Å². The second kappa shape index (κ2) is 7.28. The molecule has 114 valence electrons. The number of nitrogens with zero attached hydrogens (tertiary/aromatic N) is 2. The summed E-state index contributed by atoms with van der Waals surface area (Å²) in [5.74, 6) is 1.66. The SMILES string of the molecule is COc1ccc2c(c1)nc(CCCl)n2CCOCC(N)=O. The number of fused-ring (bicyclic) bond motifs is 1. The van der Waals surface area contributed by atoms with Crippen LogP contribution in [0.5, 0.6) is 5.75 Å². The maximum absolute atomic E-state index is 10.7. The molecule has 1 aromatic heterocycles. The summed E-state index contributed by atoms with van der Waals surface area (Å²) < 4.78 is 12.5. The number of aryl methyl sites for hydroxylation is 1. The molecule has 0 radical (unpaired) electrons. The van der Waals surface area contributed by atoms with Crippen molar-refractivity contribution in [3.63, 3.8) is 0 Å². The topological polar surface area (TPSA) is 79.4 Å². The van der Waals surface area contributed by atoms with Crippen molar-refractivity contribution in [3.05, 3.63) is 24.0 Å². The average Bonchev–Trinajstić information content (AvgIpc) is 2.80. The number of primary amides is 1. The summed E-state index contributed by atoms with van der Waals surface area (Å²) in [6.07, 6.45) is 0.661. The summed E-state index contributed by atoms with van der Waals surface area (Å²) in [7, 11) is 1.62. The van der Waals surface area contributed by atoms with E-state index in [1.807, 2.05) is 22.8 Å². The molecule has 0 aliphatic carbocycles. The van der Waals surface area contributed by atoms with Gasteiger partial charge in [0.15, 0.2) is 0 Å². The normalized spacial score (nSPS) is 11.0. The molecule has 0 fully saturated rings. The first-order chi connectivity index (χ1) is 10.2. The lowest BCUT2D eigenvalue weighted by Gasteiger charge is -2.08. The second-order valence-corrected chi connectivity index (χ2v) is 4.87. The van der Waals surface area contributed by atoms with E-state index >= 15 is 0 Å². The van der Waals surface area contributed by atoms with E-state index in [0.717, 1.165) is 22.6 Å². The van der Waals surface area contributed by atoms with E-state index in [9.17, 15) is 4.79 Å². The first kappa shape index (κ1) is 15.6. The zero-order valence-electron chi connectivity index (χ0n) is 11.8. The number of nitrogens with two attached hydrogens (primary N) is 1. The van der Waals surface area contributed by atoms with E-state index in [-0.39, 0.29) is 6.61 Å². The number of methoxy groups -OCH3 is 1. The Bertz CT molecular complexity index is 627. The van der Waals surface area contributed by atoms with Crippen molar-refractivity contribution >= 4 is 28.5 Å². The predicted octanol–water partition coefficient (Wildman–Crippen LogP) is 1.33. The van der Waals surface area contributed by atoms with Crippen LogP contribution in [-0.4, -0.2) is 41.7 Å². The molecule has 2 N–H and O–H groups in total. The molecule has 0 spiro atoms. The monoisotopic (exact) mass is 311 g/mol. The minimum absolute atomic E-state index is 0.0781. The smallest absolute Gasteiger partial charge is 0.243 e. The molecule has 7 heteroatoms. The fraction of sp³-hybridized carbons (Fsp3) is 0.429. The van der Waals surface area contributed by atoms with Gasteiger partial charge in [0.25, 0.3) is 0 Å². The summed E-state index contributed by atoms with van der Waals surface area (Å²) in [5.41, 5.74) is 6.87. The lowest BCUT2D eigenvalue weighted by molar-refractivity contribution is -0.122. The summed E-state index contributed by atoms with van der Waals surface area (Å²) in [6.45, 7) is 0.892. The number of alkyl halides is 1. The Hall–Kier alpha value is -1.79. The summed E-state index contributed by atoms with van der Waals surface area (Å²) in [5, 5.41) is 0. The highest BCUT2D eigenvalue weighted by molar-refractivity contribution is 6.17. The number of carbonyl (C=O) groups excluding carboxylic acids is 1. The maximum atomic E-state index is 10.7. The lowest BCUT2D eigenvalue weighted by Crippen LogP contribution is -2.20. The zero-order chi connectivity index (χ0) is 15.2. The minimum Gasteiger partial charge on any atom is -0.497 e. The van der Waals surface area contributed by atoms with Crippen molar-refractivity contribution < 1.29 is 14.3 Å². The quantitative estimate of drug-likeness (QED) is 0.589. The summed E-state index contributed by atoms with van der Waals surface area (Å²) in [4.78, 5) is 15.2. The first-order valence-corrected chi connectivity index (χ1v) is 7.14. The van der Waals surface area contributed by atoms with Crippen molar-refractivity contribution in [2.75, 3.05) is 26.2 Å². The molecule has 1 aromatic carbocycles. The van der Waals surface area contributed by atoms with E-state index in [2.05, 4.69) is 4.98 Å². The Morgan fingerprint density at radius 2 is 2.29 bits per heavy atom. The second-order valence-electron chi connectivity index (χ2n) is 4.49. The van der Waals surface area contributed by atoms with Crippen LogP contribution >= 0.6 is 11.6 Å². The number of hydrogen-bond acceptors (Lipinski definition) is 4. The Morgan fingerprint density at radius 1 is 1.48 bits per heavy atom. The number of halogens is 1.